The molecule has 0 fully saturated rings. The fraction of sp³-hybridized carbons (Fsp3) is 0.800. The summed E-state index contributed by atoms with van der Waals surface area (Å²) in [6, 6.07) is -0.945. The highest BCUT2D eigenvalue weighted by Crippen LogP contribution is 2.46. The molecule has 7 nitrogen and oxygen atoms in total. The van der Waals surface area contributed by atoms with Crippen LogP contribution in [0.2, 0.25) is 0 Å². The van der Waals surface area contributed by atoms with E-state index in [4.69, 9.17) is 14.8 Å². The maximum atomic E-state index is 12.0. The molecule has 0 radical (unpaired) electrons. The van der Waals surface area contributed by atoms with Crippen molar-refractivity contribution in [2.24, 2.45) is 5.73 Å². The summed E-state index contributed by atoms with van der Waals surface area (Å²) in [7, 11) is -3.32. The van der Waals surface area contributed by atoms with Crippen molar-refractivity contribution in [3.05, 3.63) is 0 Å². The van der Waals surface area contributed by atoms with Gasteiger partial charge in [-0.25, -0.2) is 0 Å². The minimum atomic E-state index is -3.32. The summed E-state index contributed by atoms with van der Waals surface area (Å²) >= 11 is 0. The largest absolute Gasteiger partial charge is 0.349 e. The highest BCUT2D eigenvalue weighted by Gasteiger charge is 2.25. The average molecular weight is 280 g/mol. The molecule has 0 aliphatic carbocycles. The zero-order chi connectivity index (χ0) is 14.2. The molecular weight excluding hydrogens is 259 g/mol. The molecule has 0 heterocycles. The minimum absolute atomic E-state index is 0.0561. The van der Waals surface area contributed by atoms with Crippen LogP contribution in [0.3, 0.4) is 0 Å². The summed E-state index contributed by atoms with van der Waals surface area (Å²) in [6.45, 7) is 5.13. The van der Waals surface area contributed by atoms with E-state index in [2.05, 4.69) is 5.32 Å². The van der Waals surface area contributed by atoms with Crippen molar-refractivity contribution in [2.75, 3.05) is 19.5 Å². The first-order chi connectivity index (χ1) is 8.34. The van der Waals surface area contributed by atoms with Gasteiger partial charge in [0.25, 0.3) is 0 Å². The van der Waals surface area contributed by atoms with Crippen molar-refractivity contribution >= 4 is 19.3 Å². The number of nitrogens with one attached hydrogen (secondary N) is 1. The highest BCUT2D eigenvalue weighted by molar-refractivity contribution is 7.53. The molecule has 0 saturated carbocycles. The lowest BCUT2D eigenvalue weighted by Crippen LogP contribution is -2.42. The van der Waals surface area contributed by atoms with Gasteiger partial charge in [-0.2, -0.15) is 0 Å². The molecule has 8 heteroatoms. The smallest absolute Gasteiger partial charge is 0.343 e. The third-order valence-electron chi connectivity index (χ3n) is 1.94. The predicted molar refractivity (Wildman–Crippen MR) is 67.1 cm³/mol. The number of carbonyl (C=O) groups excluding carboxylic acids is 2. The van der Waals surface area contributed by atoms with Gasteiger partial charge in [0.05, 0.1) is 19.3 Å². The Kier molecular flexibility index (Phi) is 8.02. The maximum absolute atomic E-state index is 12.0. The summed E-state index contributed by atoms with van der Waals surface area (Å²) in [5.74, 6) is -0.736. The van der Waals surface area contributed by atoms with E-state index in [0.29, 0.717) is 0 Å². The molecule has 3 N–H and O–H groups in total. The van der Waals surface area contributed by atoms with Crippen molar-refractivity contribution in [3.63, 3.8) is 0 Å². The van der Waals surface area contributed by atoms with Gasteiger partial charge in [0.2, 0.25) is 5.91 Å². The van der Waals surface area contributed by atoms with E-state index in [1.54, 1.807) is 13.8 Å². The zero-order valence-electron chi connectivity index (χ0n) is 11.0. The first-order valence-corrected chi connectivity index (χ1v) is 7.48. The Balaban J connectivity index is 4.30. The van der Waals surface area contributed by atoms with Gasteiger partial charge < -0.3 is 20.1 Å². The highest BCUT2D eigenvalue weighted by atomic mass is 31.2. The van der Waals surface area contributed by atoms with E-state index >= 15 is 0 Å². The van der Waals surface area contributed by atoms with Crippen LogP contribution in [0.5, 0.6) is 0 Å². The molecule has 0 aliphatic heterocycles. The monoisotopic (exact) mass is 280 g/mol. The molecular formula is C10H21N2O5P. The number of amides is 1. The number of rotatable bonds is 9. The molecule has 1 amide bonds. The molecule has 0 aromatic carbocycles. The SMILES string of the molecule is CCOP(=O)(CNC(=O)C(N)CC(C)=O)OCC. The van der Waals surface area contributed by atoms with E-state index in [1.165, 1.54) is 6.92 Å². The Morgan fingerprint density at radius 1 is 1.28 bits per heavy atom. The lowest BCUT2D eigenvalue weighted by atomic mass is 10.1. The van der Waals surface area contributed by atoms with Crippen LogP contribution in [-0.2, 0) is 23.2 Å². The fourth-order valence-corrected chi connectivity index (χ4v) is 2.62. The summed E-state index contributed by atoms with van der Waals surface area (Å²) < 4.78 is 22.0. The molecule has 1 atom stereocenters. The van der Waals surface area contributed by atoms with Crippen LogP contribution in [0.15, 0.2) is 0 Å². The first-order valence-electron chi connectivity index (χ1n) is 5.75. The number of carbonyl (C=O) groups is 2. The van der Waals surface area contributed by atoms with Gasteiger partial charge in [0.15, 0.2) is 0 Å². The van der Waals surface area contributed by atoms with Gasteiger partial charge >= 0.3 is 7.60 Å². The van der Waals surface area contributed by atoms with Gasteiger partial charge in [-0.15, -0.1) is 0 Å². The van der Waals surface area contributed by atoms with Crippen LogP contribution in [-0.4, -0.2) is 37.2 Å². The quantitative estimate of drug-likeness (QED) is 0.600. The Bertz CT molecular complexity index is 324. The van der Waals surface area contributed by atoms with E-state index in [1.807, 2.05) is 0 Å². The second-order valence-corrected chi connectivity index (χ2v) is 5.71. The molecule has 0 aliphatic rings. The van der Waals surface area contributed by atoms with Crippen LogP contribution in [0.4, 0.5) is 0 Å². The summed E-state index contributed by atoms with van der Waals surface area (Å²) in [5, 5.41) is 2.37. The van der Waals surface area contributed by atoms with Gasteiger partial charge in [-0.3, -0.25) is 14.2 Å². The molecule has 0 aromatic heterocycles. The Labute approximate surface area is 107 Å². The topological polar surface area (TPSA) is 108 Å². The Morgan fingerprint density at radius 3 is 2.17 bits per heavy atom. The standard InChI is InChI=1S/C10H21N2O5P/c1-4-16-18(15,17-5-2)7-12-10(14)9(11)6-8(3)13/h9H,4-7,11H2,1-3H3,(H,12,14). The molecule has 0 bridgehead atoms. The number of hydrogen-bond acceptors (Lipinski definition) is 6. The van der Waals surface area contributed by atoms with Crippen LogP contribution >= 0.6 is 7.60 Å². The van der Waals surface area contributed by atoms with Crippen molar-refractivity contribution in [1.29, 1.82) is 0 Å². The predicted octanol–water partition coefficient (Wildman–Crippen LogP) is 0.633. The van der Waals surface area contributed by atoms with Gasteiger partial charge in [0, 0.05) is 6.42 Å². The molecule has 0 spiro atoms. The molecule has 0 rings (SSSR count). The second kappa shape index (κ2) is 8.37. The Morgan fingerprint density at radius 2 is 1.78 bits per heavy atom. The first kappa shape index (κ1) is 17.2. The summed E-state index contributed by atoms with van der Waals surface area (Å²) in [6.07, 6.45) is -0.307. The minimum Gasteiger partial charge on any atom is -0.343 e. The van der Waals surface area contributed by atoms with Gasteiger partial charge in [0.1, 0.15) is 12.1 Å². The molecule has 18 heavy (non-hydrogen) atoms. The normalized spacial score (nSPS) is 13.1. The third kappa shape index (κ3) is 6.86. The lowest BCUT2D eigenvalue weighted by Gasteiger charge is -2.18. The molecule has 0 saturated heterocycles. The van der Waals surface area contributed by atoms with E-state index in [-0.39, 0.29) is 31.7 Å². The summed E-state index contributed by atoms with van der Waals surface area (Å²) in [4.78, 5) is 22.3. The molecule has 1 unspecified atom stereocenters. The maximum Gasteiger partial charge on any atom is 0.349 e. The van der Waals surface area contributed by atoms with Crippen LogP contribution in [0.25, 0.3) is 0 Å². The zero-order valence-corrected chi connectivity index (χ0v) is 11.9. The van der Waals surface area contributed by atoms with E-state index < -0.39 is 19.5 Å². The van der Waals surface area contributed by atoms with Crippen LogP contribution in [0.1, 0.15) is 27.2 Å². The molecule has 106 valence electrons. The number of nitrogens with two attached hydrogens (primary N) is 1. The second-order valence-electron chi connectivity index (χ2n) is 3.66. The van der Waals surface area contributed by atoms with Crippen molar-refractivity contribution in [2.45, 2.75) is 33.2 Å². The van der Waals surface area contributed by atoms with Gasteiger partial charge in [-0.05, 0) is 20.8 Å². The fourth-order valence-electron chi connectivity index (χ4n) is 1.23. The third-order valence-corrected chi connectivity index (χ3v) is 3.79. The van der Waals surface area contributed by atoms with Crippen LogP contribution in [0, 0.1) is 0 Å². The van der Waals surface area contributed by atoms with E-state index in [9.17, 15) is 14.2 Å². The number of Topliss-reactive ketones (excluding diaryl/α,β-unsaturated/α-hetero) is 1. The van der Waals surface area contributed by atoms with Crippen LogP contribution < -0.4 is 11.1 Å². The van der Waals surface area contributed by atoms with Crippen molar-refractivity contribution in [1.82, 2.24) is 5.32 Å². The number of hydrogen-bond donors (Lipinski definition) is 2. The summed E-state index contributed by atoms with van der Waals surface area (Å²) in [5.41, 5.74) is 5.49. The van der Waals surface area contributed by atoms with E-state index in [0.717, 1.165) is 0 Å². The lowest BCUT2D eigenvalue weighted by molar-refractivity contribution is -0.125. The molecule has 0 aromatic rings. The average Bonchev–Trinajstić information content (AvgIpc) is 2.25. The number of ketones is 1. The van der Waals surface area contributed by atoms with Crippen molar-refractivity contribution < 1.29 is 23.2 Å². The van der Waals surface area contributed by atoms with Crippen molar-refractivity contribution in [3.8, 4) is 0 Å². The van der Waals surface area contributed by atoms with Gasteiger partial charge in [-0.1, -0.05) is 0 Å². The Hall–Kier alpha value is -0.750.